The van der Waals surface area contributed by atoms with Crippen molar-refractivity contribution >= 4 is 19.8 Å². The minimum absolute atomic E-state index is 0.0420. The number of hydrogen-bond donors (Lipinski definition) is 2. The van der Waals surface area contributed by atoms with E-state index in [1.807, 2.05) is 30.4 Å². The average Bonchev–Trinajstić information content (AvgIpc) is 3.02. The Morgan fingerprint density at radius 2 is 0.957 bits per heavy atom. The van der Waals surface area contributed by atoms with Crippen LogP contribution in [0.2, 0.25) is 0 Å². The molecule has 0 aliphatic rings. The van der Waals surface area contributed by atoms with Crippen molar-refractivity contribution < 1.29 is 37.9 Å². The molecule has 0 bridgehead atoms. The fraction of sp³-hybridized carbons (Fsp3) is 0.459. The van der Waals surface area contributed by atoms with Crippen LogP contribution in [-0.2, 0) is 28.2 Å². The molecule has 256 valence electrons. The van der Waals surface area contributed by atoms with E-state index in [9.17, 15) is 14.2 Å². The van der Waals surface area contributed by atoms with Gasteiger partial charge in [-0.25, -0.2) is 4.57 Å². The van der Waals surface area contributed by atoms with Crippen LogP contribution in [0.4, 0.5) is 0 Å². The molecule has 0 aromatic rings. The molecular weight excluding hydrogens is 603 g/mol. The van der Waals surface area contributed by atoms with E-state index in [0.29, 0.717) is 12.8 Å². The Balaban J connectivity index is 4.34. The molecule has 1 unspecified atom stereocenters. The van der Waals surface area contributed by atoms with Crippen LogP contribution in [0.25, 0.3) is 0 Å². The molecule has 0 aromatic carbocycles. The monoisotopic (exact) mass is 658 g/mol. The molecule has 0 aromatic heterocycles. The molecule has 2 N–H and O–H groups in total. The number of carbonyl (C=O) groups is 2. The van der Waals surface area contributed by atoms with Gasteiger partial charge >= 0.3 is 19.8 Å². The van der Waals surface area contributed by atoms with Gasteiger partial charge in [-0.15, -0.1) is 0 Å². The predicted octanol–water partition coefficient (Wildman–Crippen LogP) is 9.28. The Kier molecular flexibility index (Phi) is 29.4. The van der Waals surface area contributed by atoms with Crippen LogP contribution in [0.5, 0.6) is 0 Å². The summed E-state index contributed by atoms with van der Waals surface area (Å²) in [5, 5.41) is 0. The van der Waals surface area contributed by atoms with Crippen LogP contribution in [0.15, 0.2) is 109 Å². The summed E-state index contributed by atoms with van der Waals surface area (Å²) >= 11 is 0. The highest BCUT2D eigenvalue weighted by molar-refractivity contribution is 7.46. The molecule has 0 radical (unpaired) electrons. The zero-order chi connectivity index (χ0) is 34.0. The van der Waals surface area contributed by atoms with Gasteiger partial charge in [0.25, 0.3) is 0 Å². The van der Waals surface area contributed by atoms with Gasteiger partial charge in [0.05, 0.1) is 13.0 Å². The SMILES string of the molecule is CC/C=C\C/C=C\C/C=C\C/C=C\C/C=C\CC(=O)OC(COC(=O)CC/C=C\C/C=C\C/C=C\C/C=C\CC)COP(=O)(O)O. The highest BCUT2D eigenvalue weighted by Gasteiger charge is 2.22. The van der Waals surface area contributed by atoms with Crippen LogP contribution in [-0.4, -0.2) is 41.0 Å². The van der Waals surface area contributed by atoms with Crippen molar-refractivity contribution in [2.75, 3.05) is 13.2 Å². The van der Waals surface area contributed by atoms with E-state index in [1.54, 1.807) is 6.08 Å². The first-order valence-corrected chi connectivity index (χ1v) is 17.7. The first-order chi connectivity index (χ1) is 22.3. The van der Waals surface area contributed by atoms with E-state index in [0.717, 1.165) is 51.4 Å². The third kappa shape index (κ3) is 33.6. The van der Waals surface area contributed by atoms with Gasteiger partial charge in [0.2, 0.25) is 0 Å². The van der Waals surface area contributed by atoms with Gasteiger partial charge in [-0.1, -0.05) is 123 Å². The van der Waals surface area contributed by atoms with Gasteiger partial charge in [0, 0.05) is 6.42 Å². The molecule has 0 fully saturated rings. The summed E-state index contributed by atoms with van der Waals surface area (Å²) in [7, 11) is -4.79. The summed E-state index contributed by atoms with van der Waals surface area (Å²) in [6.45, 7) is 3.25. The summed E-state index contributed by atoms with van der Waals surface area (Å²) in [6, 6.07) is 0. The van der Waals surface area contributed by atoms with Gasteiger partial charge in [-0.05, 0) is 64.2 Å². The molecule has 0 spiro atoms. The quantitative estimate of drug-likeness (QED) is 0.0509. The van der Waals surface area contributed by atoms with E-state index in [1.165, 1.54) is 0 Å². The van der Waals surface area contributed by atoms with E-state index < -0.39 is 32.5 Å². The first kappa shape index (κ1) is 42.7. The van der Waals surface area contributed by atoms with Crippen LogP contribution >= 0.6 is 7.82 Å². The maximum absolute atomic E-state index is 12.2. The number of ether oxygens (including phenoxy) is 2. The van der Waals surface area contributed by atoms with Crippen molar-refractivity contribution in [1.82, 2.24) is 0 Å². The van der Waals surface area contributed by atoms with Crippen LogP contribution in [0.1, 0.15) is 90.9 Å². The third-order valence-corrected chi connectivity index (χ3v) is 6.32. The molecule has 0 heterocycles. The van der Waals surface area contributed by atoms with Gasteiger partial charge in [0.1, 0.15) is 6.61 Å². The third-order valence-electron chi connectivity index (χ3n) is 5.83. The van der Waals surface area contributed by atoms with Crippen molar-refractivity contribution in [2.24, 2.45) is 0 Å². The number of phosphoric ester groups is 1. The molecule has 0 rings (SSSR count). The zero-order valence-corrected chi connectivity index (χ0v) is 28.6. The topological polar surface area (TPSA) is 119 Å². The van der Waals surface area contributed by atoms with Crippen molar-refractivity contribution in [3.8, 4) is 0 Å². The fourth-order valence-electron chi connectivity index (χ4n) is 3.52. The van der Waals surface area contributed by atoms with Crippen molar-refractivity contribution in [3.05, 3.63) is 109 Å². The Hall–Kier alpha value is -3.29. The van der Waals surface area contributed by atoms with Crippen LogP contribution < -0.4 is 0 Å². The summed E-state index contributed by atoms with van der Waals surface area (Å²) < 4.78 is 26.0. The second kappa shape index (κ2) is 31.7. The normalized spacial score (nSPS) is 13.9. The highest BCUT2D eigenvalue weighted by atomic mass is 31.2. The summed E-state index contributed by atoms with van der Waals surface area (Å²) in [5.74, 6) is -1.14. The molecule has 8 nitrogen and oxygen atoms in total. The second-order valence-corrected chi connectivity index (χ2v) is 11.3. The number of rotatable bonds is 27. The van der Waals surface area contributed by atoms with Crippen LogP contribution in [0, 0.1) is 0 Å². The molecule has 0 saturated carbocycles. The summed E-state index contributed by atoms with van der Waals surface area (Å²) in [5.41, 5.74) is 0. The molecule has 0 aliphatic heterocycles. The van der Waals surface area contributed by atoms with Gasteiger partial charge < -0.3 is 19.3 Å². The largest absolute Gasteiger partial charge is 0.469 e. The number of esters is 2. The first-order valence-electron chi connectivity index (χ1n) is 16.2. The molecule has 9 heteroatoms. The Morgan fingerprint density at radius 3 is 1.37 bits per heavy atom. The molecule has 46 heavy (non-hydrogen) atoms. The van der Waals surface area contributed by atoms with Gasteiger partial charge in [0.15, 0.2) is 6.10 Å². The van der Waals surface area contributed by atoms with E-state index in [4.69, 9.17) is 19.3 Å². The average molecular weight is 659 g/mol. The zero-order valence-electron chi connectivity index (χ0n) is 27.7. The molecule has 0 amide bonds. The fourth-order valence-corrected chi connectivity index (χ4v) is 3.88. The summed E-state index contributed by atoms with van der Waals surface area (Å²) in [6.07, 6.45) is 44.3. The summed E-state index contributed by atoms with van der Waals surface area (Å²) in [4.78, 5) is 42.4. The van der Waals surface area contributed by atoms with Crippen molar-refractivity contribution in [3.63, 3.8) is 0 Å². The van der Waals surface area contributed by atoms with E-state index in [-0.39, 0.29) is 19.4 Å². The lowest BCUT2D eigenvalue weighted by atomic mass is 10.2. The lowest BCUT2D eigenvalue weighted by molar-refractivity contribution is -0.160. The number of carbonyl (C=O) groups excluding carboxylic acids is 2. The van der Waals surface area contributed by atoms with E-state index in [2.05, 4.69) is 91.3 Å². The maximum atomic E-state index is 12.2. The lowest BCUT2D eigenvalue weighted by Crippen LogP contribution is -2.29. The minimum atomic E-state index is -4.79. The Bertz CT molecular complexity index is 1100. The van der Waals surface area contributed by atoms with Gasteiger partial charge in [-0.2, -0.15) is 0 Å². The molecule has 0 saturated heterocycles. The van der Waals surface area contributed by atoms with Crippen LogP contribution in [0.3, 0.4) is 0 Å². The number of allylic oxidation sites excluding steroid dienone is 17. The Labute approximate surface area is 276 Å². The standard InChI is InChI=1S/C37H55O8P/c1-3-5-7-9-11-13-15-17-18-20-22-24-26-28-30-32-37(39)45-35(34-44-46(40,41)42)33-43-36(38)31-29-27-25-23-21-19-16-14-12-10-8-6-4-2/h5-8,11-14,17-19,21-22,24-25,27-28,30,35H,3-4,9-10,15-16,20,23,26,29,31-34H2,1-2H3,(H2,40,41,42)/b7-5-,8-6-,13-11-,14-12-,18-17-,21-19-,24-22-,27-25-,30-28-. The van der Waals surface area contributed by atoms with Crippen molar-refractivity contribution in [2.45, 2.75) is 97.0 Å². The van der Waals surface area contributed by atoms with Crippen molar-refractivity contribution in [1.29, 1.82) is 0 Å². The lowest BCUT2D eigenvalue weighted by Gasteiger charge is -2.18. The Morgan fingerprint density at radius 1 is 0.565 bits per heavy atom. The second-order valence-electron chi connectivity index (χ2n) is 10.0. The highest BCUT2D eigenvalue weighted by Crippen LogP contribution is 2.35. The number of phosphoric acid groups is 1. The van der Waals surface area contributed by atoms with Gasteiger partial charge in [-0.3, -0.25) is 14.1 Å². The maximum Gasteiger partial charge on any atom is 0.469 e. The smallest absolute Gasteiger partial charge is 0.462 e. The van der Waals surface area contributed by atoms with E-state index >= 15 is 0 Å². The number of hydrogen-bond acceptors (Lipinski definition) is 6. The predicted molar refractivity (Wildman–Crippen MR) is 188 cm³/mol. The molecule has 0 aliphatic carbocycles. The molecular formula is C37H55O8P. The minimum Gasteiger partial charge on any atom is -0.462 e. The molecule has 1 atom stereocenters.